The van der Waals surface area contributed by atoms with Crippen molar-refractivity contribution in [2.45, 2.75) is 32.3 Å². The number of aryl methyl sites for hydroxylation is 1. The molecule has 0 saturated heterocycles. The van der Waals surface area contributed by atoms with Gasteiger partial charge in [0.05, 0.1) is 13.7 Å². The van der Waals surface area contributed by atoms with Crippen LogP contribution in [0.25, 0.3) is 0 Å². The average molecular weight is 591 g/mol. The molecule has 1 N–H and O–H groups in total. The van der Waals surface area contributed by atoms with Crippen LogP contribution in [0.4, 0.5) is 4.79 Å². The zero-order chi connectivity index (χ0) is 28.9. The smallest absolute Gasteiger partial charge is 0.415 e. The molecule has 0 saturated carbocycles. The second-order valence-electron chi connectivity index (χ2n) is 8.89. The van der Waals surface area contributed by atoms with Gasteiger partial charge in [-0.1, -0.05) is 35.3 Å². The number of ether oxygens (including phenoxy) is 4. The number of carbonyl (C=O) groups excluding carboxylic acids is 1. The number of carbonyl (C=O) groups is 2. The maximum atomic E-state index is 13.0. The van der Waals surface area contributed by atoms with Gasteiger partial charge in [-0.25, -0.2) is 9.59 Å². The van der Waals surface area contributed by atoms with Crippen LogP contribution in [0.3, 0.4) is 0 Å². The molecule has 0 radical (unpaired) electrons. The number of halogens is 2. The Bertz CT molecular complexity index is 1220. The Morgan fingerprint density at radius 1 is 0.875 bits per heavy atom. The second-order valence-corrected chi connectivity index (χ2v) is 9.76. The number of aliphatic carboxylic acids is 1. The van der Waals surface area contributed by atoms with E-state index in [0.717, 1.165) is 11.1 Å². The molecule has 3 aromatic rings. The molecule has 0 fully saturated rings. The molecule has 3 aromatic carbocycles. The lowest BCUT2D eigenvalue weighted by atomic mass is 10.1. The molecule has 1 unspecified atom stereocenters. The third-order valence-electron chi connectivity index (χ3n) is 5.96. The minimum absolute atomic E-state index is 0.233. The highest BCUT2D eigenvalue weighted by Crippen LogP contribution is 2.21. The van der Waals surface area contributed by atoms with Gasteiger partial charge in [-0.05, 0) is 85.5 Å². The third-order valence-corrected chi connectivity index (χ3v) is 6.39. The van der Waals surface area contributed by atoms with Crippen LogP contribution < -0.4 is 14.2 Å². The van der Waals surface area contributed by atoms with Crippen LogP contribution in [0.5, 0.6) is 17.2 Å². The Morgan fingerprint density at radius 3 is 2.10 bits per heavy atom. The van der Waals surface area contributed by atoms with E-state index in [1.165, 1.54) is 0 Å². The van der Waals surface area contributed by atoms with Crippen molar-refractivity contribution in [3.05, 3.63) is 87.9 Å². The summed E-state index contributed by atoms with van der Waals surface area (Å²) in [5.74, 6) is 0.666. The minimum Gasteiger partial charge on any atom is -0.497 e. The quantitative estimate of drug-likeness (QED) is 0.215. The highest BCUT2D eigenvalue weighted by atomic mass is 35.5. The molecule has 0 aromatic heterocycles. The largest absolute Gasteiger partial charge is 0.497 e. The minimum atomic E-state index is -0.998. The molecule has 0 aliphatic carbocycles. The van der Waals surface area contributed by atoms with Crippen LogP contribution >= 0.6 is 23.2 Å². The number of nitrogens with zero attached hydrogens (tertiary/aromatic N) is 1. The van der Waals surface area contributed by atoms with E-state index < -0.39 is 18.2 Å². The summed E-state index contributed by atoms with van der Waals surface area (Å²) in [5, 5.41) is 10.4. The third kappa shape index (κ3) is 10.3. The standard InChI is InChI=1S/C30H33Cl2NO7/c1-3-38-28(29(34)35)19-21-6-8-26(9-7-21)39-16-15-33(14-4-5-22-17-23(31)20-24(32)18-22)30(36)40-27-12-10-25(37-2)11-13-27/h6-13,17-18,20,28H,3-5,14-16,19H2,1-2H3,(H,34,35). The Balaban J connectivity index is 1.59. The van der Waals surface area contributed by atoms with Crippen molar-refractivity contribution in [1.29, 1.82) is 0 Å². The van der Waals surface area contributed by atoms with E-state index in [1.54, 1.807) is 73.5 Å². The molecule has 8 nitrogen and oxygen atoms in total. The highest BCUT2D eigenvalue weighted by molar-refractivity contribution is 6.34. The summed E-state index contributed by atoms with van der Waals surface area (Å²) in [6, 6.07) is 19.3. The average Bonchev–Trinajstić information content (AvgIpc) is 2.92. The lowest BCUT2D eigenvalue weighted by Gasteiger charge is -2.22. The Kier molecular flexibility index (Phi) is 12.4. The van der Waals surface area contributed by atoms with Gasteiger partial charge in [-0.2, -0.15) is 0 Å². The zero-order valence-electron chi connectivity index (χ0n) is 22.5. The van der Waals surface area contributed by atoms with Crippen molar-refractivity contribution in [2.24, 2.45) is 0 Å². The fourth-order valence-corrected chi connectivity index (χ4v) is 4.53. The molecule has 0 bridgehead atoms. The van der Waals surface area contributed by atoms with Crippen molar-refractivity contribution >= 4 is 35.3 Å². The van der Waals surface area contributed by atoms with E-state index in [0.29, 0.717) is 59.8 Å². The molecule has 0 aliphatic heterocycles. The van der Waals surface area contributed by atoms with Gasteiger partial charge in [0.25, 0.3) is 0 Å². The van der Waals surface area contributed by atoms with E-state index in [4.69, 9.17) is 42.1 Å². The summed E-state index contributed by atoms with van der Waals surface area (Å²) in [6.45, 7) is 3.03. The number of carboxylic acid groups (broad SMARTS) is 1. The monoisotopic (exact) mass is 589 g/mol. The lowest BCUT2D eigenvalue weighted by Crippen LogP contribution is -2.37. The fraction of sp³-hybridized carbons (Fsp3) is 0.333. The van der Waals surface area contributed by atoms with Gasteiger partial charge in [0.2, 0.25) is 0 Å². The number of hydrogen-bond donors (Lipinski definition) is 1. The van der Waals surface area contributed by atoms with E-state index in [9.17, 15) is 14.7 Å². The van der Waals surface area contributed by atoms with Gasteiger partial charge >= 0.3 is 12.1 Å². The van der Waals surface area contributed by atoms with Gasteiger partial charge in [-0.15, -0.1) is 0 Å². The fourth-order valence-electron chi connectivity index (χ4n) is 3.96. The van der Waals surface area contributed by atoms with Gasteiger partial charge in [-0.3, -0.25) is 0 Å². The Labute approximate surface area is 244 Å². The molecule has 1 amide bonds. The highest BCUT2D eigenvalue weighted by Gasteiger charge is 2.19. The molecular formula is C30H33Cl2NO7. The summed E-state index contributed by atoms with van der Waals surface area (Å²) in [4.78, 5) is 26.0. The molecule has 0 heterocycles. The summed E-state index contributed by atoms with van der Waals surface area (Å²) in [7, 11) is 1.57. The number of benzene rings is 3. The Hall–Kier alpha value is -3.46. The van der Waals surface area contributed by atoms with Gasteiger partial charge in [0.1, 0.15) is 23.9 Å². The molecule has 0 aliphatic rings. The van der Waals surface area contributed by atoms with Crippen molar-refractivity contribution in [2.75, 3.05) is 33.4 Å². The number of hydrogen-bond acceptors (Lipinski definition) is 6. The van der Waals surface area contributed by atoms with Gasteiger partial charge in [0.15, 0.2) is 6.10 Å². The topological polar surface area (TPSA) is 94.5 Å². The summed E-state index contributed by atoms with van der Waals surface area (Å²) < 4.78 is 21.9. The molecular weight excluding hydrogens is 557 g/mol. The van der Waals surface area contributed by atoms with Crippen LogP contribution in [-0.4, -0.2) is 61.6 Å². The molecule has 0 spiro atoms. The SMILES string of the molecule is CCOC(Cc1ccc(OCCN(CCCc2cc(Cl)cc(Cl)c2)C(=O)Oc2ccc(OC)cc2)cc1)C(=O)O. The van der Waals surface area contributed by atoms with Crippen LogP contribution in [0.2, 0.25) is 10.0 Å². The van der Waals surface area contributed by atoms with Gasteiger partial charge in [0, 0.05) is 29.6 Å². The van der Waals surface area contributed by atoms with Crippen LogP contribution in [-0.2, 0) is 22.4 Å². The molecule has 10 heteroatoms. The van der Waals surface area contributed by atoms with Crippen LogP contribution in [0, 0.1) is 0 Å². The first-order chi connectivity index (χ1) is 19.3. The van der Waals surface area contributed by atoms with Crippen LogP contribution in [0.1, 0.15) is 24.5 Å². The maximum absolute atomic E-state index is 13.0. The first kappa shape index (κ1) is 31.1. The van der Waals surface area contributed by atoms with Crippen LogP contribution in [0.15, 0.2) is 66.7 Å². The summed E-state index contributed by atoms with van der Waals surface area (Å²) in [6.07, 6.45) is 0.197. The van der Waals surface area contributed by atoms with Crippen molar-refractivity contribution in [1.82, 2.24) is 4.90 Å². The number of methoxy groups -OCH3 is 1. The molecule has 214 valence electrons. The second kappa shape index (κ2) is 16.0. The van der Waals surface area contributed by atoms with E-state index in [-0.39, 0.29) is 13.0 Å². The van der Waals surface area contributed by atoms with Crippen molar-refractivity contribution in [3.63, 3.8) is 0 Å². The normalized spacial score (nSPS) is 11.5. The van der Waals surface area contributed by atoms with E-state index >= 15 is 0 Å². The van der Waals surface area contributed by atoms with Gasteiger partial charge < -0.3 is 29.0 Å². The molecule has 3 rings (SSSR count). The Morgan fingerprint density at radius 2 is 1.50 bits per heavy atom. The first-order valence-electron chi connectivity index (χ1n) is 12.9. The summed E-state index contributed by atoms with van der Waals surface area (Å²) >= 11 is 12.2. The van der Waals surface area contributed by atoms with Crippen molar-refractivity contribution in [3.8, 4) is 17.2 Å². The molecule has 40 heavy (non-hydrogen) atoms. The number of amides is 1. The maximum Gasteiger partial charge on any atom is 0.415 e. The molecule has 1 atom stereocenters. The predicted octanol–water partition coefficient (Wildman–Crippen LogP) is 6.55. The van der Waals surface area contributed by atoms with E-state index in [1.807, 2.05) is 12.1 Å². The number of rotatable bonds is 15. The van der Waals surface area contributed by atoms with Crippen molar-refractivity contribution < 1.29 is 33.6 Å². The lowest BCUT2D eigenvalue weighted by molar-refractivity contribution is -0.149. The predicted molar refractivity (Wildman–Crippen MR) is 154 cm³/mol. The zero-order valence-corrected chi connectivity index (χ0v) is 24.0. The van der Waals surface area contributed by atoms with E-state index in [2.05, 4.69) is 0 Å². The first-order valence-corrected chi connectivity index (χ1v) is 13.6. The number of carboxylic acids is 1. The summed E-state index contributed by atoms with van der Waals surface area (Å²) in [5.41, 5.74) is 1.80.